The van der Waals surface area contributed by atoms with Crippen molar-refractivity contribution in [2.24, 2.45) is 0 Å². The molecule has 0 unspecified atom stereocenters. The number of hydrogen-bond acceptors (Lipinski definition) is 5. The van der Waals surface area contributed by atoms with E-state index in [-0.39, 0.29) is 0 Å². The molecule has 0 aliphatic carbocycles. The maximum atomic E-state index is 5.48. The van der Waals surface area contributed by atoms with E-state index in [1.165, 1.54) is 0 Å². The minimum atomic E-state index is 0.541. The molecule has 0 radical (unpaired) electrons. The van der Waals surface area contributed by atoms with Crippen molar-refractivity contribution in [1.82, 2.24) is 19.9 Å². The number of rotatable bonds is 1. The first-order valence-electron chi connectivity index (χ1n) is 4.13. The molecule has 70 valence electrons. The molecule has 0 aliphatic rings. The van der Waals surface area contributed by atoms with Crippen LogP contribution in [0.3, 0.4) is 0 Å². The largest absolute Gasteiger partial charge is 0.396 e. The van der Waals surface area contributed by atoms with Gasteiger partial charge in [-0.05, 0) is 13.0 Å². The van der Waals surface area contributed by atoms with Gasteiger partial charge < -0.3 is 5.73 Å². The second kappa shape index (κ2) is 3.37. The number of anilines is 1. The standard InChI is InChI=1S/C9H9N5/c1-6-11-3-2-8(14-6)9-12-4-7(10)5-13-9/h2-5H,10H2,1H3. The summed E-state index contributed by atoms with van der Waals surface area (Å²) in [6.45, 7) is 1.82. The zero-order valence-corrected chi connectivity index (χ0v) is 7.68. The Morgan fingerprint density at radius 3 is 2.50 bits per heavy atom. The van der Waals surface area contributed by atoms with Crippen molar-refractivity contribution in [2.45, 2.75) is 6.92 Å². The molecule has 0 saturated heterocycles. The van der Waals surface area contributed by atoms with Crippen molar-refractivity contribution in [2.75, 3.05) is 5.73 Å². The van der Waals surface area contributed by atoms with E-state index in [0.29, 0.717) is 23.0 Å². The Kier molecular flexibility index (Phi) is 2.06. The summed E-state index contributed by atoms with van der Waals surface area (Å²) in [6.07, 6.45) is 4.79. The Morgan fingerprint density at radius 2 is 1.86 bits per heavy atom. The Morgan fingerprint density at radius 1 is 1.14 bits per heavy atom. The summed E-state index contributed by atoms with van der Waals surface area (Å²) in [5.74, 6) is 1.26. The van der Waals surface area contributed by atoms with Crippen LogP contribution in [0.1, 0.15) is 5.82 Å². The molecule has 2 heterocycles. The number of aromatic nitrogens is 4. The van der Waals surface area contributed by atoms with Gasteiger partial charge in [-0.25, -0.2) is 19.9 Å². The number of hydrogen-bond donors (Lipinski definition) is 1. The summed E-state index contributed by atoms with van der Waals surface area (Å²) < 4.78 is 0. The summed E-state index contributed by atoms with van der Waals surface area (Å²) in [4.78, 5) is 16.3. The highest BCUT2D eigenvalue weighted by Gasteiger charge is 2.01. The maximum absolute atomic E-state index is 5.48. The molecule has 14 heavy (non-hydrogen) atoms. The van der Waals surface area contributed by atoms with Crippen molar-refractivity contribution in [3.8, 4) is 11.5 Å². The number of aryl methyl sites for hydroxylation is 1. The lowest BCUT2D eigenvalue weighted by atomic mass is 10.3. The molecule has 0 spiro atoms. The Balaban J connectivity index is 2.44. The highest BCUT2D eigenvalue weighted by molar-refractivity contribution is 5.49. The molecule has 2 aromatic heterocycles. The number of nitrogens with zero attached hydrogens (tertiary/aromatic N) is 4. The second-order valence-electron chi connectivity index (χ2n) is 2.83. The first-order chi connectivity index (χ1) is 6.75. The first-order valence-corrected chi connectivity index (χ1v) is 4.13. The van der Waals surface area contributed by atoms with E-state index in [4.69, 9.17) is 5.73 Å². The second-order valence-corrected chi connectivity index (χ2v) is 2.83. The molecular formula is C9H9N5. The number of nitrogen functional groups attached to an aromatic ring is 1. The lowest BCUT2D eigenvalue weighted by Gasteiger charge is -1.99. The Hall–Kier alpha value is -2.04. The van der Waals surface area contributed by atoms with Crippen LogP contribution in [-0.2, 0) is 0 Å². The van der Waals surface area contributed by atoms with Crippen LogP contribution in [0.2, 0.25) is 0 Å². The van der Waals surface area contributed by atoms with Gasteiger partial charge in [0.05, 0.1) is 18.1 Å². The monoisotopic (exact) mass is 187 g/mol. The van der Waals surface area contributed by atoms with E-state index in [2.05, 4.69) is 19.9 Å². The Bertz CT molecular complexity index is 437. The van der Waals surface area contributed by atoms with Gasteiger partial charge in [-0.2, -0.15) is 0 Å². The molecule has 0 fully saturated rings. The van der Waals surface area contributed by atoms with Crippen molar-refractivity contribution in [1.29, 1.82) is 0 Å². The molecule has 5 heteroatoms. The topological polar surface area (TPSA) is 77.6 Å². The van der Waals surface area contributed by atoms with Crippen molar-refractivity contribution in [3.05, 3.63) is 30.5 Å². The average molecular weight is 187 g/mol. The van der Waals surface area contributed by atoms with Gasteiger partial charge in [0.25, 0.3) is 0 Å². The average Bonchev–Trinajstić information content (AvgIpc) is 2.19. The third-order valence-electron chi connectivity index (χ3n) is 1.68. The number of nitrogens with two attached hydrogens (primary N) is 1. The summed E-state index contributed by atoms with van der Waals surface area (Å²) >= 11 is 0. The van der Waals surface area contributed by atoms with Gasteiger partial charge >= 0.3 is 0 Å². The van der Waals surface area contributed by atoms with Crippen LogP contribution in [0, 0.1) is 6.92 Å². The highest BCUT2D eigenvalue weighted by atomic mass is 14.9. The van der Waals surface area contributed by atoms with E-state index >= 15 is 0 Å². The molecule has 0 saturated carbocycles. The van der Waals surface area contributed by atoms with E-state index in [0.717, 1.165) is 0 Å². The molecule has 0 atom stereocenters. The quantitative estimate of drug-likeness (QED) is 0.715. The van der Waals surface area contributed by atoms with Crippen LogP contribution in [0.15, 0.2) is 24.7 Å². The van der Waals surface area contributed by atoms with Crippen molar-refractivity contribution >= 4 is 5.69 Å². The van der Waals surface area contributed by atoms with Gasteiger partial charge in [0, 0.05) is 6.20 Å². The minimum Gasteiger partial charge on any atom is -0.396 e. The van der Waals surface area contributed by atoms with Gasteiger partial charge in [0.2, 0.25) is 0 Å². The van der Waals surface area contributed by atoms with Crippen LogP contribution in [0.4, 0.5) is 5.69 Å². The van der Waals surface area contributed by atoms with Crippen LogP contribution >= 0.6 is 0 Å². The van der Waals surface area contributed by atoms with Gasteiger partial charge in [-0.1, -0.05) is 0 Å². The van der Waals surface area contributed by atoms with Gasteiger partial charge in [0.15, 0.2) is 5.82 Å². The smallest absolute Gasteiger partial charge is 0.178 e. The fourth-order valence-electron chi connectivity index (χ4n) is 1.05. The molecule has 5 nitrogen and oxygen atoms in total. The molecule has 0 amide bonds. The third kappa shape index (κ3) is 1.66. The predicted octanol–water partition coefficient (Wildman–Crippen LogP) is 0.824. The minimum absolute atomic E-state index is 0.541. The van der Waals surface area contributed by atoms with Crippen LogP contribution in [-0.4, -0.2) is 19.9 Å². The fraction of sp³-hybridized carbons (Fsp3) is 0.111. The molecule has 2 N–H and O–H groups in total. The van der Waals surface area contributed by atoms with E-state index in [1.54, 1.807) is 24.7 Å². The predicted molar refractivity (Wildman–Crippen MR) is 52.2 cm³/mol. The molecule has 2 aromatic rings. The van der Waals surface area contributed by atoms with Crippen LogP contribution in [0.25, 0.3) is 11.5 Å². The maximum Gasteiger partial charge on any atom is 0.178 e. The first kappa shape index (κ1) is 8.55. The lowest BCUT2D eigenvalue weighted by Crippen LogP contribution is -1.96. The molecule has 0 aromatic carbocycles. The van der Waals surface area contributed by atoms with Gasteiger partial charge in [0.1, 0.15) is 11.5 Å². The summed E-state index contributed by atoms with van der Waals surface area (Å²) in [7, 11) is 0. The van der Waals surface area contributed by atoms with Crippen molar-refractivity contribution in [3.63, 3.8) is 0 Å². The SMILES string of the molecule is Cc1nccc(-c2ncc(N)cn2)n1. The van der Waals surface area contributed by atoms with Crippen LogP contribution in [0.5, 0.6) is 0 Å². The Labute approximate surface area is 81.1 Å². The third-order valence-corrected chi connectivity index (χ3v) is 1.68. The summed E-state index contributed by atoms with van der Waals surface area (Å²) in [5.41, 5.74) is 6.72. The lowest BCUT2D eigenvalue weighted by molar-refractivity contribution is 1.03. The molecule has 0 aliphatic heterocycles. The van der Waals surface area contributed by atoms with E-state index < -0.39 is 0 Å². The molecule has 0 bridgehead atoms. The van der Waals surface area contributed by atoms with Gasteiger partial charge in [-0.15, -0.1) is 0 Å². The molecular weight excluding hydrogens is 178 g/mol. The summed E-state index contributed by atoms with van der Waals surface area (Å²) in [6, 6.07) is 1.76. The normalized spacial score (nSPS) is 10.1. The fourth-order valence-corrected chi connectivity index (χ4v) is 1.05. The van der Waals surface area contributed by atoms with E-state index in [9.17, 15) is 0 Å². The van der Waals surface area contributed by atoms with Crippen LogP contribution < -0.4 is 5.73 Å². The van der Waals surface area contributed by atoms with Gasteiger partial charge in [-0.3, -0.25) is 0 Å². The summed E-state index contributed by atoms with van der Waals surface area (Å²) in [5, 5.41) is 0. The van der Waals surface area contributed by atoms with Crippen molar-refractivity contribution < 1.29 is 0 Å². The van der Waals surface area contributed by atoms with E-state index in [1.807, 2.05) is 6.92 Å². The zero-order chi connectivity index (χ0) is 9.97. The zero-order valence-electron chi connectivity index (χ0n) is 7.68. The molecule has 2 rings (SSSR count). The highest BCUT2D eigenvalue weighted by Crippen LogP contribution is 2.10.